The fourth-order valence-corrected chi connectivity index (χ4v) is 3.92. The number of fused-ring (bicyclic) bond motifs is 1. The average Bonchev–Trinajstić information content (AvgIpc) is 2.89. The molecule has 1 aliphatic heterocycles. The molecule has 0 spiro atoms. The second kappa shape index (κ2) is 5.87. The zero-order valence-electron chi connectivity index (χ0n) is 12.8. The lowest BCUT2D eigenvalue weighted by molar-refractivity contribution is -0.0939. The van der Waals surface area contributed by atoms with Gasteiger partial charge in [-0.25, -0.2) is 0 Å². The van der Waals surface area contributed by atoms with Crippen LogP contribution in [0.4, 0.5) is 0 Å². The van der Waals surface area contributed by atoms with Crippen LogP contribution in [0.3, 0.4) is 0 Å². The van der Waals surface area contributed by atoms with E-state index in [9.17, 15) is 0 Å². The molecule has 1 fully saturated rings. The maximum absolute atomic E-state index is 6.08. The van der Waals surface area contributed by atoms with Crippen LogP contribution in [0.15, 0.2) is 24.3 Å². The van der Waals surface area contributed by atoms with E-state index >= 15 is 0 Å². The lowest BCUT2D eigenvalue weighted by atomic mass is 9.85. The summed E-state index contributed by atoms with van der Waals surface area (Å²) in [5, 5.41) is 3.91. The molecular weight excluding hydrogens is 246 g/mol. The smallest absolute Gasteiger partial charge is 0.0692 e. The van der Waals surface area contributed by atoms with E-state index in [1.165, 1.54) is 30.4 Å². The van der Waals surface area contributed by atoms with Gasteiger partial charge in [0.05, 0.1) is 5.60 Å². The molecule has 1 aromatic rings. The summed E-state index contributed by atoms with van der Waals surface area (Å²) in [5.41, 5.74) is 3.20. The molecule has 20 heavy (non-hydrogen) atoms. The Kier molecular flexibility index (Phi) is 4.13. The fourth-order valence-electron chi connectivity index (χ4n) is 3.92. The third-order valence-corrected chi connectivity index (χ3v) is 5.30. The van der Waals surface area contributed by atoms with Crippen molar-refractivity contribution in [3.63, 3.8) is 0 Å². The van der Waals surface area contributed by atoms with Gasteiger partial charge in [-0.1, -0.05) is 38.1 Å². The summed E-state index contributed by atoms with van der Waals surface area (Å²) in [6.07, 6.45) is 6.98. The molecule has 1 aromatic carbocycles. The third kappa shape index (κ3) is 2.77. The zero-order valence-corrected chi connectivity index (χ0v) is 12.8. The lowest BCUT2D eigenvalue weighted by Crippen LogP contribution is -2.49. The quantitative estimate of drug-likeness (QED) is 0.907. The van der Waals surface area contributed by atoms with E-state index < -0.39 is 0 Å². The normalized spacial score (nSPS) is 25.6. The first-order valence-electron chi connectivity index (χ1n) is 8.21. The average molecular weight is 273 g/mol. The standard InChI is InChI=1S/C18H27NO/c1-3-18(4-2)13-16(9-10-20-18)19-17-11-14-7-5-6-8-15(14)12-17/h5-8,16-17,19H,3-4,9-13H2,1-2H3. The summed E-state index contributed by atoms with van der Waals surface area (Å²) in [5.74, 6) is 0. The monoisotopic (exact) mass is 273 g/mol. The van der Waals surface area contributed by atoms with Crippen molar-refractivity contribution in [1.29, 1.82) is 0 Å². The molecule has 0 radical (unpaired) electrons. The van der Waals surface area contributed by atoms with Gasteiger partial charge in [-0.2, -0.15) is 0 Å². The van der Waals surface area contributed by atoms with Crippen molar-refractivity contribution in [3.8, 4) is 0 Å². The topological polar surface area (TPSA) is 21.3 Å². The van der Waals surface area contributed by atoms with E-state index in [0.717, 1.165) is 25.9 Å². The highest BCUT2D eigenvalue weighted by molar-refractivity contribution is 5.33. The van der Waals surface area contributed by atoms with Crippen LogP contribution in [0, 0.1) is 0 Å². The zero-order chi connectivity index (χ0) is 14.0. The summed E-state index contributed by atoms with van der Waals surface area (Å²) in [4.78, 5) is 0. The Balaban J connectivity index is 1.59. The molecule has 1 saturated heterocycles. The molecule has 1 atom stereocenters. The molecule has 110 valence electrons. The fraction of sp³-hybridized carbons (Fsp3) is 0.667. The second-order valence-corrected chi connectivity index (χ2v) is 6.47. The summed E-state index contributed by atoms with van der Waals surface area (Å²) in [6.45, 7) is 5.44. The predicted molar refractivity (Wildman–Crippen MR) is 83.1 cm³/mol. The van der Waals surface area contributed by atoms with E-state index in [-0.39, 0.29) is 5.60 Å². The third-order valence-electron chi connectivity index (χ3n) is 5.30. The van der Waals surface area contributed by atoms with Gasteiger partial charge in [-0.3, -0.25) is 0 Å². The Morgan fingerprint density at radius 3 is 2.35 bits per heavy atom. The van der Waals surface area contributed by atoms with Crippen LogP contribution < -0.4 is 5.32 Å². The summed E-state index contributed by atoms with van der Waals surface area (Å²) < 4.78 is 6.08. The predicted octanol–water partition coefficient (Wildman–Crippen LogP) is 3.48. The highest BCUT2D eigenvalue weighted by atomic mass is 16.5. The van der Waals surface area contributed by atoms with Gasteiger partial charge in [0.15, 0.2) is 0 Å². The van der Waals surface area contributed by atoms with Gasteiger partial charge in [0.2, 0.25) is 0 Å². The molecule has 1 unspecified atom stereocenters. The van der Waals surface area contributed by atoms with Gasteiger partial charge in [0, 0.05) is 18.7 Å². The first-order valence-corrected chi connectivity index (χ1v) is 8.21. The number of benzene rings is 1. The Labute approximate surface area is 122 Å². The van der Waals surface area contributed by atoms with Crippen LogP contribution in [-0.4, -0.2) is 24.3 Å². The van der Waals surface area contributed by atoms with Crippen LogP contribution in [0.1, 0.15) is 50.7 Å². The molecule has 0 aromatic heterocycles. The van der Waals surface area contributed by atoms with Gasteiger partial charge in [0.1, 0.15) is 0 Å². The van der Waals surface area contributed by atoms with Crippen LogP contribution in [0.2, 0.25) is 0 Å². The van der Waals surface area contributed by atoms with Crippen molar-refractivity contribution >= 4 is 0 Å². The SMILES string of the molecule is CCC1(CC)CC(NC2Cc3ccccc3C2)CCO1. The van der Waals surface area contributed by atoms with E-state index in [2.05, 4.69) is 43.4 Å². The van der Waals surface area contributed by atoms with Gasteiger partial charge in [-0.05, 0) is 49.7 Å². The number of hydrogen-bond donors (Lipinski definition) is 1. The Morgan fingerprint density at radius 1 is 1.10 bits per heavy atom. The summed E-state index contributed by atoms with van der Waals surface area (Å²) >= 11 is 0. The molecule has 0 saturated carbocycles. The van der Waals surface area contributed by atoms with Crippen molar-refractivity contribution in [3.05, 3.63) is 35.4 Å². The van der Waals surface area contributed by atoms with E-state index in [4.69, 9.17) is 4.74 Å². The maximum atomic E-state index is 6.08. The molecule has 2 nitrogen and oxygen atoms in total. The highest BCUT2D eigenvalue weighted by Crippen LogP contribution is 2.32. The van der Waals surface area contributed by atoms with Gasteiger partial charge in [-0.15, -0.1) is 0 Å². The first-order chi connectivity index (χ1) is 9.74. The number of hydrogen-bond acceptors (Lipinski definition) is 2. The minimum atomic E-state index is 0.126. The van der Waals surface area contributed by atoms with Gasteiger partial charge >= 0.3 is 0 Å². The van der Waals surface area contributed by atoms with Crippen molar-refractivity contribution < 1.29 is 4.74 Å². The number of ether oxygens (including phenoxy) is 1. The van der Waals surface area contributed by atoms with Crippen LogP contribution in [-0.2, 0) is 17.6 Å². The Hall–Kier alpha value is -0.860. The molecule has 1 aliphatic carbocycles. The van der Waals surface area contributed by atoms with E-state index in [0.29, 0.717) is 12.1 Å². The number of nitrogens with one attached hydrogen (secondary N) is 1. The van der Waals surface area contributed by atoms with Gasteiger partial charge < -0.3 is 10.1 Å². The molecule has 2 aliphatic rings. The first kappa shape index (κ1) is 14.1. The largest absolute Gasteiger partial charge is 0.375 e. The van der Waals surface area contributed by atoms with E-state index in [1.807, 2.05) is 0 Å². The maximum Gasteiger partial charge on any atom is 0.0692 e. The van der Waals surface area contributed by atoms with Crippen molar-refractivity contribution in [2.45, 2.75) is 70.1 Å². The summed E-state index contributed by atoms with van der Waals surface area (Å²) in [7, 11) is 0. The lowest BCUT2D eigenvalue weighted by Gasteiger charge is -2.41. The van der Waals surface area contributed by atoms with E-state index in [1.54, 1.807) is 0 Å². The Morgan fingerprint density at radius 2 is 1.75 bits per heavy atom. The molecule has 1 N–H and O–H groups in total. The molecular formula is C18H27NO. The summed E-state index contributed by atoms with van der Waals surface area (Å²) in [6, 6.07) is 10.1. The molecule has 3 rings (SSSR count). The number of rotatable bonds is 4. The molecule has 0 bridgehead atoms. The van der Waals surface area contributed by atoms with Crippen LogP contribution >= 0.6 is 0 Å². The van der Waals surface area contributed by atoms with Crippen molar-refractivity contribution in [1.82, 2.24) is 5.32 Å². The second-order valence-electron chi connectivity index (χ2n) is 6.47. The van der Waals surface area contributed by atoms with Crippen molar-refractivity contribution in [2.75, 3.05) is 6.61 Å². The molecule has 2 heteroatoms. The van der Waals surface area contributed by atoms with Crippen molar-refractivity contribution in [2.24, 2.45) is 0 Å². The van der Waals surface area contributed by atoms with Crippen LogP contribution in [0.5, 0.6) is 0 Å². The Bertz CT molecular complexity index is 427. The molecule has 1 heterocycles. The van der Waals surface area contributed by atoms with Gasteiger partial charge in [0.25, 0.3) is 0 Å². The molecule has 0 amide bonds. The minimum absolute atomic E-state index is 0.126. The minimum Gasteiger partial charge on any atom is -0.375 e. The van der Waals surface area contributed by atoms with Crippen LogP contribution in [0.25, 0.3) is 0 Å². The highest BCUT2D eigenvalue weighted by Gasteiger charge is 2.35.